The van der Waals surface area contributed by atoms with E-state index >= 15 is 0 Å². The molecule has 2 amide bonds. The van der Waals surface area contributed by atoms with Crippen LogP contribution < -0.4 is 10.2 Å². The Labute approximate surface area is 148 Å². The van der Waals surface area contributed by atoms with E-state index in [4.69, 9.17) is 0 Å². The minimum Gasteiger partial charge on any atom is -0.368 e. The molecule has 1 fully saturated rings. The zero-order chi connectivity index (χ0) is 17.6. The first-order valence-electron chi connectivity index (χ1n) is 8.33. The van der Waals surface area contributed by atoms with Crippen LogP contribution in [0, 0.1) is 0 Å². The van der Waals surface area contributed by atoms with Crippen molar-refractivity contribution < 1.29 is 9.59 Å². The lowest BCUT2D eigenvalue weighted by Crippen LogP contribution is -2.51. The summed E-state index contributed by atoms with van der Waals surface area (Å²) in [5.74, 6) is 0.307. The molecular formula is C18H27N3O2S. The number of para-hydroxylation sites is 1. The molecule has 1 N–H and O–H groups in total. The van der Waals surface area contributed by atoms with E-state index in [0.717, 1.165) is 13.1 Å². The predicted octanol–water partition coefficient (Wildman–Crippen LogP) is 1.98. The number of nitrogens with zero attached hydrogens (tertiary/aromatic N) is 2. The minimum absolute atomic E-state index is 0.00294. The number of amides is 2. The van der Waals surface area contributed by atoms with Gasteiger partial charge in [0.25, 0.3) is 0 Å². The Kier molecular flexibility index (Phi) is 6.54. The molecule has 2 rings (SSSR count). The van der Waals surface area contributed by atoms with E-state index < -0.39 is 0 Å². The maximum absolute atomic E-state index is 12.2. The molecule has 1 heterocycles. The number of carbonyl (C=O) groups excluding carboxylic acids is 2. The van der Waals surface area contributed by atoms with Crippen molar-refractivity contribution in [2.75, 3.05) is 43.4 Å². The van der Waals surface area contributed by atoms with Crippen molar-refractivity contribution in [3.05, 3.63) is 30.3 Å². The molecule has 6 heteroatoms. The molecule has 0 saturated carbocycles. The number of carbonyl (C=O) groups is 2. The van der Waals surface area contributed by atoms with Crippen LogP contribution in [-0.4, -0.2) is 59.9 Å². The molecule has 0 aromatic heterocycles. The highest BCUT2D eigenvalue weighted by Crippen LogP contribution is 2.22. The topological polar surface area (TPSA) is 52.7 Å². The van der Waals surface area contributed by atoms with Gasteiger partial charge >= 0.3 is 0 Å². The van der Waals surface area contributed by atoms with Crippen molar-refractivity contribution in [3.63, 3.8) is 0 Å². The lowest BCUT2D eigenvalue weighted by molar-refractivity contribution is -0.132. The van der Waals surface area contributed by atoms with Crippen LogP contribution in [0.3, 0.4) is 0 Å². The number of piperazine rings is 1. The Morgan fingerprint density at radius 3 is 2.29 bits per heavy atom. The molecule has 0 bridgehead atoms. The lowest BCUT2D eigenvalue weighted by atomic mass is 10.2. The molecule has 5 nitrogen and oxygen atoms in total. The summed E-state index contributed by atoms with van der Waals surface area (Å²) in [5, 5.41) is 2.73. The largest absolute Gasteiger partial charge is 0.368 e. The second-order valence-electron chi connectivity index (χ2n) is 6.88. The smallest absolute Gasteiger partial charge is 0.242 e. The number of hydrogen-bond acceptors (Lipinski definition) is 4. The summed E-state index contributed by atoms with van der Waals surface area (Å²) < 4.78 is 0.0507. The SMILES string of the molecule is CC(C)(C)SCC(=O)NCC(=O)N1CCN(c2ccccc2)CC1. The van der Waals surface area contributed by atoms with Gasteiger partial charge in [0.1, 0.15) is 0 Å². The second kappa shape index (κ2) is 8.42. The van der Waals surface area contributed by atoms with Crippen molar-refractivity contribution >= 4 is 29.3 Å². The third-order valence-corrected chi connectivity index (χ3v) is 5.10. The van der Waals surface area contributed by atoms with Gasteiger partial charge in [0.15, 0.2) is 0 Å². The fraction of sp³-hybridized carbons (Fsp3) is 0.556. The molecule has 0 atom stereocenters. The molecular weight excluding hydrogens is 322 g/mol. The monoisotopic (exact) mass is 349 g/mol. The maximum Gasteiger partial charge on any atom is 0.242 e. The second-order valence-corrected chi connectivity index (χ2v) is 8.68. The first kappa shape index (κ1) is 18.6. The summed E-state index contributed by atoms with van der Waals surface area (Å²) in [4.78, 5) is 28.1. The van der Waals surface area contributed by atoms with Crippen LogP contribution in [0.4, 0.5) is 5.69 Å². The highest BCUT2D eigenvalue weighted by molar-refractivity contribution is 8.01. The van der Waals surface area contributed by atoms with E-state index in [0.29, 0.717) is 18.8 Å². The number of rotatable bonds is 5. The molecule has 0 radical (unpaired) electrons. The van der Waals surface area contributed by atoms with Gasteiger partial charge < -0.3 is 15.1 Å². The first-order valence-corrected chi connectivity index (χ1v) is 9.32. The summed E-state index contributed by atoms with van der Waals surface area (Å²) in [5.41, 5.74) is 1.19. The molecule has 1 aliphatic rings. The van der Waals surface area contributed by atoms with Crippen molar-refractivity contribution in [1.82, 2.24) is 10.2 Å². The van der Waals surface area contributed by atoms with Gasteiger partial charge in [-0.1, -0.05) is 39.0 Å². The normalized spacial score (nSPS) is 15.3. The van der Waals surface area contributed by atoms with Gasteiger partial charge in [0.05, 0.1) is 12.3 Å². The van der Waals surface area contributed by atoms with E-state index in [9.17, 15) is 9.59 Å². The standard InChI is InChI=1S/C18H27N3O2S/c1-18(2,3)24-14-16(22)19-13-17(23)21-11-9-20(10-12-21)15-7-5-4-6-8-15/h4-8H,9-14H2,1-3H3,(H,19,22). The number of nitrogens with one attached hydrogen (secondary N) is 1. The van der Waals surface area contributed by atoms with Crippen LogP contribution in [0.1, 0.15) is 20.8 Å². The Morgan fingerprint density at radius 2 is 1.71 bits per heavy atom. The van der Waals surface area contributed by atoms with Gasteiger partial charge in [0, 0.05) is 36.6 Å². The van der Waals surface area contributed by atoms with E-state index in [-0.39, 0.29) is 23.1 Å². The number of hydrogen-bond donors (Lipinski definition) is 1. The van der Waals surface area contributed by atoms with Gasteiger partial charge in [-0.15, -0.1) is 11.8 Å². The van der Waals surface area contributed by atoms with Crippen molar-refractivity contribution in [2.45, 2.75) is 25.5 Å². The number of anilines is 1. The van der Waals surface area contributed by atoms with Gasteiger partial charge in [-0.25, -0.2) is 0 Å². The summed E-state index contributed by atoms with van der Waals surface area (Å²) >= 11 is 1.58. The fourth-order valence-electron chi connectivity index (χ4n) is 2.47. The Bertz CT molecular complexity index is 549. The van der Waals surface area contributed by atoms with Crippen LogP contribution in [0.2, 0.25) is 0 Å². The van der Waals surface area contributed by atoms with Gasteiger partial charge in [-0.2, -0.15) is 0 Å². The fourth-order valence-corrected chi connectivity index (χ4v) is 3.14. The summed E-state index contributed by atoms with van der Waals surface area (Å²) in [6, 6.07) is 10.2. The molecule has 0 unspecified atom stereocenters. The minimum atomic E-state index is -0.0776. The van der Waals surface area contributed by atoms with E-state index in [1.165, 1.54) is 5.69 Å². The maximum atomic E-state index is 12.2. The van der Waals surface area contributed by atoms with Gasteiger partial charge in [-0.05, 0) is 12.1 Å². The van der Waals surface area contributed by atoms with Crippen LogP contribution in [0.5, 0.6) is 0 Å². The number of benzene rings is 1. The average molecular weight is 350 g/mol. The molecule has 132 valence electrons. The highest BCUT2D eigenvalue weighted by Gasteiger charge is 2.21. The molecule has 0 aliphatic carbocycles. The molecule has 24 heavy (non-hydrogen) atoms. The van der Waals surface area contributed by atoms with Gasteiger partial charge in [-0.3, -0.25) is 9.59 Å². The van der Waals surface area contributed by atoms with Crippen LogP contribution in [-0.2, 0) is 9.59 Å². The summed E-state index contributed by atoms with van der Waals surface area (Å²) in [6.07, 6.45) is 0. The predicted molar refractivity (Wildman–Crippen MR) is 100 cm³/mol. The molecule has 0 spiro atoms. The van der Waals surface area contributed by atoms with E-state index in [2.05, 4.69) is 43.1 Å². The third kappa shape index (κ3) is 6.07. The Morgan fingerprint density at radius 1 is 1.08 bits per heavy atom. The third-order valence-electron chi connectivity index (χ3n) is 3.83. The Hall–Kier alpha value is -1.69. The van der Waals surface area contributed by atoms with Crippen LogP contribution in [0.15, 0.2) is 30.3 Å². The number of thioether (sulfide) groups is 1. The van der Waals surface area contributed by atoms with E-state index in [1.807, 2.05) is 23.1 Å². The van der Waals surface area contributed by atoms with Crippen molar-refractivity contribution in [3.8, 4) is 0 Å². The highest BCUT2D eigenvalue weighted by atomic mass is 32.2. The van der Waals surface area contributed by atoms with Crippen LogP contribution in [0.25, 0.3) is 0 Å². The van der Waals surface area contributed by atoms with E-state index in [1.54, 1.807) is 11.8 Å². The molecule has 1 aromatic carbocycles. The zero-order valence-corrected chi connectivity index (χ0v) is 15.6. The first-order chi connectivity index (χ1) is 11.3. The lowest BCUT2D eigenvalue weighted by Gasteiger charge is -2.36. The summed E-state index contributed by atoms with van der Waals surface area (Å²) in [7, 11) is 0. The van der Waals surface area contributed by atoms with Crippen molar-refractivity contribution in [1.29, 1.82) is 0 Å². The van der Waals surface area contributed by atoms with Gasteiger partial charge in [0.2, 0.25) is 11.8 Å². The molecule has 1 aliphatic heterocycles. The van der Waals surface area contributed by atoms with Crippen molar-refractivity contribution in [2.24, 2.45) is 0 Å². The summed E-state index contributed by atoms with van der Waals surface area (Å²) in [6.45, 7) is 9.34. The molecule has 1 aromatic rings. The molecule has 1 saturated heterocycles. The van der Waals surface area contributed by atoms with Crippen LogP contribution >= 0.6 is 11.8 Å². The Balaban J connectivity index is 1.70. The average Bonchev–Trinajstić information content (AvgIpc) is 2.58. The zero-order valence-electron chi connectivity index (χ0n) is 14.7. The quantitative estimate of drug-likeness (QED) is 0.883.